The number of hydrogen-bond acceptors (Lipinski definition) is 5. The van der Waals surface area contributed by atoms with Crippen LogP contribution in [-0.4, -0.2) is 22.1 Å². The van der Waals surface area contributed by atoms with E-state index in [-0.39, 0.29) is 11.6 Å². The molecule has 6 heteroatoms. The maximum absolute atomic E-state index is 11.2. The minimum absolute atomic E-state index is 0.0332. The predicted molar refractivity (Wildman–Crippen MR) is 72.1 cm³/mol. The molecule has 1 aliphatic rings. The van der Waals surface area contributed by atoms with E-state index in [0.717, 1.165) is 11.3 Å². The summed E-state index contributed by atoms with van der Waals surface area (Å²) in [5.41, 5.74) is 1.83. The van der Waals surface area contributed by atoms with Crippen molar-refractivity contribution in [2.45, 2.75) is 13.0 Å². The van der Waals surface area contributed by atoms with Crippen LogP contribution in [0.1, 0.15) is 27.7 Å². The van der Waals surface area contributed by atoms with Crippen LogP contribution in [0.25, 0.3) is 0 Å². The van der Waals surface area contributed by atoms with Gasteiger partial charge in [0.25, 0.3) is 0 Å². The molecule has 2 aromatic rings. The Labute approximate surface area is 114 Å². The van der Waals surface area contributed by atoms with Crippen molar-refractivity contribution in [1.29, 1.82) is 0 Å². The molecule has 0 saturated heterocycles. The number of aryl methyl sites for hydroxylation is 1. The molecule has 19 heavy (non-hydrogen) atoms. The van der Waals surface area contributed by atoms with Crippen molar-refractivity contribution in [2.75, 3.05) is 11.9 Å². The topological polar surface area (TPSA) is 71.5 Å². The Bertz CT molecular complexity index is 639. The molecule has 1 atom stereocenters. The zero-order chi connectivity index (χ0) is 13.4. The van der Waals surface area contributed by atoms with Crippen molar-refractivity contribution < 1.29 is 14.6 Å². The van der Waals surface area contributed by atoms with E-state index in [1.54, 1.807) is 6.92 Å². The number of rotatable bonds is 3. The zero-order valence-corrected chi connectivity index (χ0v) is 11.0. The van der Waals surface area contributed by atoms with Crippen LogP contribution in [0.4, 0.5) is 5.00 Å². The average molecular weight is 276 g/mol. The van der Waals surface area contributed by atoms with Crippen LogP contribution < -0.4 is 10.1 Å². The van der Waals surface area contributed by atoms with Crippen molar-refractivity contribution in [3.05, 3.63) is 41.1 Å². The van der Waals surface area contributed by atoms with Gasteiger partial charge in [0.2, 0.25) is 0 Å². The van der Waals surface area contributed by atoms with E-state index >= 15 is 0 Å². The first-order valence-electron chi connectivity index (χ1n) is 5.84. The molecule has 0 radical (unpaired) electrons. The van der Waals surface area contributed by atoms with Gasteiger partial charge in [-0.15, -0.1) is 0 Å². The monoisotopic (exact) mass is 276 g/mol. The van der Waals surface area contributed by atoms with E-state index in [9.17, 15) is 9.90 Å². The largest absolute Gasteiger partial charge is 0.491 e. The number of aromatic nitrogens is 1. The Morgan fingerprint density at radius 1 is 1.53 bits per heavy atom. The normalized spacial score (nSPS) is 16.8. The van der Waals surface area contributed by atoms with Gasteiger partial charge in [-0.1, -0.05) is 18.2 Å². The highest BCUT2D eigenvalue weighted by Crippen LogP contribution is 2.36. The fraction of sp³-hybridized carbons (Fsp3) is 0.231. The smallest absolute Gasteiger partial charge is 0.340 e. The van der Waals surface area contributed by atoms with Gasteiger partial charge in [0, 0.05) is 5.56 Å². The van der Waals surface area contributed by atoms with Crippen LogP contribution >= 0.6 is 11.5 Å². The van der Waals surface area contributed by atoms with Crippen molar-refractivity contribution >= 4 is 22.5 Å². The highest BCUT2D eigenvalue weighted by Gasteiger charge is 2.26. The Balaban J connectivity index is 1.90. The molecule has 0 amide bonds. The molecule has 1 aromatic heterocycles. The number of benzene rings is 1. The number of nitrogens with one attached hydrogen (secondary N) is 1. The van der Waals surface area contributed by atoms with Crippen LogP contribution in [-0.2, 0) is 0 Å². The number of hydrogen-bond donors (Lipinski definition) is 2. The number of carboxylic acids is 1. The van der Waals surface area contributed by atoms with Gasteiger partial charge in [0.15, 0.2) is 0 Å². The minimum atomic E-state index is -0.957. The quantitative estimate of drug-likeness (QED) is 0.901. The summed E-state index contributed by atoms with van der Waals surface area (Å²) < 4.78 is 9.66. The van der Waals surface area contributed by atoms with Crippen molar-refractivity contribution in [3.8, 4) is 5.75 Å². The van der Waals surface area contributed by atoms with Crippen LogP contribution in [0.2, 0.25) is 0 Å². The molecule has 2 N–H and O–H groups in total. The Morgan fingerprint density at radius 3 is 3.11 bits per heavy atom. The van der Waals surface area contributed by atoms with Crippen LogP contribution in [0.15, 0.2) is 24.3 Å². The van der Waals surface area contributed by atoms with Gasteiger partial charge >= 0.3 is 5.97 Å². The number of carbonyl (C=O) groups is 1. The molecular formula is C13H12N2O3S. The van der Waals surface area contributed by atoms with E-state index in [1.807, 2.05) is 24.3 Å². The Hall–Kier alpha value is -2.08. The van der Waals surface area contributed by atoms with Crippen LogP contribution in [0.3, 0.4) is 0 Å². The van der Waals surface area contributed by atoms with E-state index in [0.29, 0.717) is 17.3 Å². The fourth-order valence-electron chi connectivity index (χ4n) is 2.16. The lowest BCUT2D eigenvalue weighted by Crippen LogP contribution is -2.13. The SMILES string of the molecule is Cc1nsc(NC2COc3ccccc32)c1C(=O)O. The summed E-state index contributed by atoms with van der Waals surface area (Å²) in [6, 6.07) is 7.72. The Kier molecular flexibility index (Phi) is 2.87. The number of para-hydroxylation sites is 1. The molecule has 0 saturated carbocycles. The van der Waals surface area contributed by atoms with Crippen LogP contribution in [0, 0.1) is 6.92 Å². The number of fused-ring (bicyclic) bond motifs is 1. The summed E-state index contributed by atoms with van der Waals surface area (Å²) in [5, 5.41) is 13.0. The molecular weight excluding hydrogens is 264 g/mol. The van der Waals surface area contributed by atoms with E-state index in [1.165, 1.54) is 11.5 Å². The molecule has 0 fully saturated rings. The number of anilines is 1. The lowest BCUT2D eigenvalue weighted by atomic mass is 10.1. The zero-order valence-electron chi connectivity index (χ0n) is 10.2. The van der Waals surface area contributed by atoms with Gasteiger partial charge in [-0.25, -0.2) is 4.79 Å². The highest BCUT2D eigenvalue weighted by molar-refractivity contribution is 7.10. The lowest BCUT2D eigenvalue weighted by molar-refractivity contribution is 0.0697. The molecule has 2 heterocycles. The molecule has 98 valence electrons. The van der Waals surface area contributed by atoms with Crippen molar-refractivity contribution in [3.63, 3.8) is 0 Å². The molecule has 5 nitrogen and oxygen atoms in total. The molecule has 1 aromatic carbocycles. The number of aromatic carboxylic acids is 1. The third-order valence-electron chi connectivity index (χ3n) is 3.08. The molecule has 1 unspecified atom stereocenters. The van der Waals surface area contributed by atoms with E-state index < -0.39 is 5.97 Å². The van der Waals surface area contributed by atoms with Gasteiger partial charge < -0.3 is 15.2 Å². The average Bonchev–Trinajstić information content (AvgIpc) is 2.95. The molecule has 0 aliphatic carbocycles. The number of carboxylic acid groups (broad SMARTS) is 1. The fourth-order valence-corrected chi connectivity index (χ4v) is 3.00. The molecule has 3 rings (SSSR count). The number of nitrogens with zero attached hydrogens (tertiary/aromatic N) is 1. The standard InChI is InChI=1S/C13H12N2O3S/c1-7-11(13(16)17)12(19-15-7)14-9-6-18-10-5-3-2-4-8(9)10/h2-5,9,14H,6H2,1H3,(H,16,17). The first kappa shape index (κ1) is 12.0. The predicted octanol–water partition coefficient (Wildman–Crippen LogP) is 2.70. The third kappa shape index (κ3) is 2.04. The summed E-state index contributed by atoms with van der Waals surface area (Å²) in [5.74, 6) is -0.112. The molecule has 1 aliphatic heterocycles. The minimum Gasteiger partial charge on any atom is -0.491 e. The second kappa shape index (κ2) is 4.55. The van der Waals surface area contributed by atoms with E-state index in [2.05, 4.69) is 9.69 Å². The van der Waals surface area contributed by atoms with E-state index in [4.69, 9.17) is 4.74 Å². The van der Waals surface area contributed by atoms with Gasteiger partial charge in [-0.3, -0.25) is 0 Å². The summed E-state index contributed by atoms with van der Waals surface area (Å²) in [6.07, 6.45) is 0. The van der Waals surface area contributed by atoms with Gasteiger partial charge in [-0.2, -0.15) is 4.37 Å². The van der Waals surface area contributed by atoms with Gasteiger partial charge in [0.1, 0.15) is 22.9 Å². The molecule has 0 bridgehead atoms. The Morgan fingerprint density at radius 2 is 2.32 bits per heavy atom. The van der Waals surface area contributed by atoms with Gasteiger partial charge in [0.05, 0.1) is 11.7 Å². The van der Waals surface area contributed by atoms with Crippen molar-refractivity contribution in [2.24, 2.45) is 0 Å². The first-order valence-corrected chi connectivity index (χ1v) is 6.62. The summed E-state index contributed by atoms with van der Waals surface area (Å²) in [7, 11) is 0. The summed E-state index contributed by atoms with van der Waals surface area (Å²) in [4.78, 5) is 11.2. The maximum atomic E-state index is 11.2. The summed E-state index contributed by atoms with van der Waals surface area (Å²) >= 11 is 1.17. The van der Waals surface area contributed by atoms with Crippen molar-refractivity contribution in [1.82, 2.24) is 4.37 Å². The second-order valence-electron chi connectivity index (χ2n) is 4.32. The number of ether oxygens (including phenoxy) is 1. The van der Waals surface area contributed by atoms with Gasteiger partial charge in [-0.05, 0) is 24.5 Å². The third-order valence-corrected chi connectivity index (χ3v) is 3.95. The lowest BCUT2D eigenvalue weighted by Gasteiger charge is -2.11. The second-order valence-corrected chi connectivity index (χ2v) is 5.10. The maximum Gasteiger partial charge on any atom is 0.340 e. The highest BCUT2D eigenvalue weighted by atomic mass is 32.1. The van der Waals surface area contributed by atoms with Crippen LogP contribution in [0.5, 0.6) is 5.75 Å². The molecule has 0 spiro atoms. The first-order chi connectivity index (χ1) is 9.16. The summed E-state index contributed by atoms with van der Waals surface area (Å²) in [6.45, 7) is 2.19.